The third-order valence-electron chi connectivity index (χ3n) is 4.71. The topological polar surface area (TPSA) is 72.8 Å². The summed E-state index contributed by atoms with van der Waals surface area (Å²) in [6.07, 6.45) is 1.67. The second-order valence-electron chi connectivity index (χ2n) is 6.74. The quantitative estimate of drug-likeness (QED) is 0.554. The summed E-state index contributed by atoms with van der Waals surface area (Å²) in [4.78, 5) is 15.1. The number of carbonyl (C=O) groups is 1. The van der Waals surface area contributed by atoms with Gasteiger partial charge in [-0.25, -0.2) is 4.39 Å². The fourth-order valence-electron chi connectivity index (χ4n) is 3.28. The molecule has 0 spiro atoms. The summed E-state index contributed by atoms with van der Waals surface area (Å²) in [6, 6.07) is 20.8. The van der Waals surface area contributed by atoms with Gasteiger partial charge in [0.25, 0.3) is 5.91 Å². The molecule has 0 radical (unpaired) electrons. The van der Waals surface area contributed by atoms with Gasteiger partial charge in [0.05, 0.1) is 28.9 Å². The van der Waals surface area contributed by atoms with E-state index in [9.17, 15) is 9.18 Å². The number of aromatic amines is 1. The van der Waals surface area contributed by atoms with E-state index in [1.807, 2.05) is 24.3 Å². The van der Waals surface area contributed by atoms with Crippen LogP contribution in [0.2, 0.25) is 0 Å². The number of fused-ring (bicyclic) bond motifs is 1. The van der Waals surface area contributed by atoms with E-state index in [0.717, 1.165) is 10.9 Å². The van der Waals surface area contributed by atoms with Crippen molar-refractivity contribution in [3.05, 3.63) is 101 Å². The first-order valence-electron chi connectivity index (χ1n) is 9.09. The normalized spacial score (nSPS) is 10.6. The highest BCUT2D eigenvalue weighted by atomic mass is 19.1. The van der Waals surface area contributed by atoms with Gasteiger partial charge in [0.1, 0.15) is 5.82 Å². The summed E-state index contributed by atoms with van der Waals surface area (Å²) in [5.41, 5.74) is 3.31. The maximum absolute atomic E-state index is 13.7. The van der Waals surface area contributed by atoms with E-state index in [1.165, 1.54) is 12.1 Å². The molecule has 1 amide bonds. The van der Waals surface area contributed by atoms with Gasteiger partial charge in [0.2, 0.25) is 0 Å². The molecule has 1 aromatic heterocycles. The van der Waals surface area contributed by atoms with Crippen LogP contribution in [-0.4, -0.2) is 21.0 Å². The second-order valence-corrected chi connectivity index (χ2v) is 6.74. The molecule has 0 aliphatic rings. The number of nitriles is 1. The van der Waals surface area contributed by atoms with Crippen LogP contribution in [0.25, 0.3) is 10.9 Å². The Balaban J connectivity index is 1.69. The van der Waals surface area contributed by atoms with Gasteiger partial charge in [-0.2, -0.15) is 10.4 Å². The number of halogens is 1. The smallest absolute Gasteiger partial charge is 0.256 e. The molecule has 0 aliphatic heterocycles. The van der Waals surface area contributed by atoms with Crippen molar-refractivity contribution >= 4 is 16.8 Å². The van der Waals surface area contributed by atoms with Crippen LogP contribution >= 0.6 is 0 Å². The number of hydrogen-bond acceptors (Lipinski definition) is 3. The molecule has 0 fully saturated rings. The number of para-hydroxylation sites is 1. The minimum Gasteiger partial charge on any atom is -0.330 e. The predicted octanol–water partition coefficient (Wildman–Crippen LogP) is 4.42. The minimum absolute atomic E-state index is 0.187. The predicted molar refractivity (Wildman–Crippen MR) is 107 cm³/mol. The summed E-state index contributed by atoms with van der Waals surface area (Å²) in [6.45, 7) is 0.576. The molecule has 0 aliphatic carbocycles. The van der Waals surface area contributed by atoms with Gasteiger partial charge < -0.3 is 4.90 Å². The van der Waals surface area contributed by atoms with Crippen molar-refractivity contribution < 1.29 is 9.18 Å². The molecule has 1 N–H and O–H groups in total. The van der Waals surface area contributed by atoms with E-state index in [2.05, 4.69) is 16.3 Å². The maximum atomic E-state index is 13.7. The van der Waals surface area contributed by atoms with Crippen LogP contribution in [0.1, 0.15) is 27.0 Å². The first-order valence-corrected chi connectivity index (χ1v) is 9.09. The summed E-state index contributed by atoms with van der Waals surface area (Å²) < 4.78 is 13.7. The Bertz CT molecular complexity index is 1210. The van der Waals surface area contributed by atoms with E-state index in [-0.39, 0.29) is 18.3 Å². The highest BCUT2D eigenvalue weighted by molar-refractivity contribution is 6.05. The van der Waals surface area contributed by atoms with E-state index in [1.54, 1.807) is 41.4 Å². The average Bonchev–Trinajstić information content (AvgIpc) is 3.22. The molecular formula is C23H17FN4O. The van der Waals surface area contributed by atoms with Crippen molar-refractivity contribution in [2.45, 2.75) is 13.1 Å². The summed E-state index contributed by atoms with van der Waals surface area (Å²) in [5.74, 6) is -0.530. The standard InChI is InChI=1S/C23H17FN4O/c24-20-5-1-3-18(11-20)15-28(14-17-9-7-16(12-25)8-10-17)23(29)21-6-2-4-19-13-26-27-22(19)21/h1-11,13H,14-15H2,(H,26,27). The molecule has 0 atom stereocenters. The zero-order chi connectivity index (χ0) is 20.2. The van der Waals surface area contributed by atoms with Gasteiger partial charge in [0, 0.05) is 18.5 Å². The van der Waals surface area contributed by atoms with Crippen LogP contribution < -0.4 is 0 Å². The van der Waals surface area contributed by atoms with Crippen LogP contribution in [0.4, 0.5) is 4.39 Å². The van der Waals surface area contributed by atoms with Gasteiger partial charge in [-0.1, -0.05) is 36.4 Å². The van der Waals surface area contributed by atoms with Crippen LogP contribution in [0.3, 0.4) is 0 Å². The van der Waals surface area contributed by atoms with Crippen molar-refractivity contribution in [1.29, 1.82) is 5.26 Å². The zero-order valence-corrected chi connectivity index (χ0v) is 15.5. The number of H-pyrrole nitrogens is 1. The van der Waals surface area contributed by atoms with Crippen molar-refractivity contribution in [3.63, 3.8) is 0 Å². The van der Waals surface area contributed by atoms with Crippen LogP contribution in [0, 0.1) is 17.1 Å². The summed E-state index contributed by atoms with van der Waals surface area (Å²) in [5, 5.41) is 16.7. The van der Waals surface area contributed by atoms with E-state index < -0.39 is 0 Å². The molecule has 29 heavy (non-hydrogen) atoms. The average molecular weight is 384 g/mol. The Hall–Kier alpha value is -3.98. The van der Waals surface area contributed by atoms with Crippen molar-refractivity contribution in [2.75, 3.05) is 0 Å². The number of rotatable bonds is 5. The third kappa shape index (κ3) is 3.99. The SMILES string of the molecule is N#Cc1ccc(CN(Cc2cccc(F)c2)C(=O)c2cccc3cn[nH]c23)cc1. The molecule has 5 nitrogen and oxygen atoms in total. The fraction of sp³-hybridized carbons (Fsp3) is 0.0870. The molecule has 6 heteroatoms. The van der Waals surface area contributed by atoms with Gasteiger partial charge in [-0.3, -0.25) is 9.89 Å². The monoisotopic (exact) mass is 384 g/mol. The number of hydrogen-bond donors (Lipinski definition) is 1. The largest absolute Gasteiger partial charge is 0.330 e. The third-order valence-corrected chi connectivity index (χ3v) is 4.71. The van der Waals surface area contributed by atoms with Crippen molar-refractivity contribution in [3.8, 4) is 6.07 Å². The molecule has 4 aromatic rings. The minimum atomic E-state index is -0.344. The van der Waals surface area contributed by atoms with E-state index in [4.69, 9.17) is 5.26 Å². The first kappa shape index (κ1) is 18.4. The van der Waals surface area contributed by atoms with Crippen molar-refractivity contribution in [1.82, 2.24) is 15.1 Å². The molecule has 3 aromatic carbocycles. The molecule has 0 saturated carbocycles. The number of aromatic nitrogens is 2. The summed E-state index contributed by atoms with van der Waals surface area (Å²) in [7, 11) is 0. The van der Waals surface area contributed by atoms with Crippen molar-refractivity contribution in [2.24, 2.45) is 0 Å². The van der Waals surface area contributed by atoms with E-state index >= 15 is 0 Å². The second kappa shape index (κ2) is 7.95. The lowest BCUT2D eigenvalue weighted by Gasteiger charge is -2.23. The highest BCUT2D eigenvalue weighted by Gasteiger charge is 2.20. The lowest BCUT2D eigenvalue weighted by molar-refractivity contribution is 0.0731. The molecule has 4 rings (SSSR count). The molecule has 142 valence electrons. The van der Waals surface area contributed by atoms with Crippen LogP contribution in [0.15, 0.2) is 72.9 Å². The number of benzene rings is 3. The Morgan fingerprint density at radius 2 is 1.79 bits per heavy atom. The Morgan fingerprint density at radius 1 is 1.03 bits per heavy atom. The Labute approximate surface area is 167 Å². The van der Waals surface area contributed by atoms with Crippen LogP contribution in [0.5, 0.6) is 0 Å². The van der Waals surface area contributed by atoms with Gasteiger partial charge in [-0.05, 0) is 41.5 Å². The number of nitrogens with zero attached hydrogens (tertiary/aromatic N) is 3. The van der Waals surface area contributed by atoms with Gasteiger partial charge in [-0.15, -0.1) is 0 Å². The molecule has 0 bridgehead atoms. The maximum Gasteiger partial charge on any atom is 0.256 e. The van der Waals surface area contributed by atoms with E-state index in [0.29, 0.717) is 28.8 Å². The van der Waals surface area contributed by atoms with Gasteiger partial charge in [0.15, 0.2) is 0 Å². The Morgan fingerprint density at radius 3 is 2.55 bits per heavy atom. The lowest BCUT2D eigenvalue weighted by Crippen LogP contribution is -2.30. The highest BCUT2D eigenvalue weighted by Crippen LogP contribution is 2.21. The number of nitrogens with one attached hydrogen (secondary N) is 1. The molecular weight excluding hydrogens is 367 g/mol. The molecule has 0 saturated heterocycles. The van der Waals surface area contributed by atoms with Gasteiger partial charge >= 0.3 is 0 Å². The van der Waals surface area contributed by atoms with Crippen LogP contribution in [-0.2, 0) is 13.1 Å². The number of carbonyl (C=O) groups excluding carboxylic acids is 1. The fourth-order valence-corrected chi connectivity index (χ4v) is 3.28. The first-order chi connectivity index (χ1) is 14.1. The molecule has 1 heterocycles. The number of amides is 1. The lowest BCUT2D eigenvalue weighted by atomic mass is 10.1. The molecule has 0 unspecified atom stereocenters. The Kier molecular flexibility index (Phi) is 5.04. The zero-order valence-electron chi connectivity index (χ0n) is 15.5. The summed E-state index contributed by atoms with van der Waals surface area (Å²) >= 11 is 0.